The van der Waals surface area contributed by atoms with Gasteiger partial charge in [0.05, 0.1) is 12.1 Å². The number of carbonyl (C=O) groups is 1. The second-order valence-corrected chi connectivity index (χ2v) is 7.29. The van der Waals surface area contributed by atoms with Gasteiger partial charge in [0.25, 0.3) is 0 Å². The van der Waals surface area contributed by atoms with E-state index in [1.54, 1.807) is 4.90 Å². The highest BCUT2D eigenvalue weighted by Crippen LogP contribution is 2.42. The molecule has 2 heterocycles. The van der Waals surface area contributed by atoms with Gasteiger partial charge in [0.1, 0.15) is 6.33 Å². The van der Waals surface area contributed by atoms with Gasteiger partial charge in [0.15, 0.2) is 0 Å². The molecule has 0 N–H and O–H groups in total. The number of rotatable bonds is 3. The van der Waals surface area contributed by atoms with Crippen LogP contribution in [0.5, 0.6) is 0 Å². The molecule has 0 bridgehead atoms. The van der Waals surface area contributed by atoms with Crippen molar-refractivity contribution in [2.75, 3.05) is 4.90 Å². The van der Waals surface area contributed by atoms with Crippen LogP contribution in [-0.2, 0) is 4.79 Å². The fourth-order valence-electron chi connectivity index (χ4n) is 3.68. The number of aromatic nitrogens is 3. The van der Waals surface area contributed by atoms with Crippen molar-refractivity contribution in [1.29, 1.82) is 0 Å². The van der Waals surface area contributed by atoms with E-state index >= 15 is 0 Å². The van der Waals surface area contributed by atoms with Crippen molar-refractivity contribution in [2.45, 2.75) is 38.8 Å². The van der Waals surface area contributed by atoms with E-state index in [-0.39, 0.29) is 18.0 Å². The number of aryl methyl sites for hydroxylation is 1. The molecule has 0 fully saturated rings. The fraction of sp³-hybridized carbons (Fsp3) is 0.286. The summed E-state index contributed by atoms with van der Waals surface area (Å²) in [6.07, 6.45) is 2.66. The van der Waals surface area contributed by atoms with Crippen LogP contribution in [0, 0.1) is 6.92 Å². The Morgan fingerprint density at radius 3 is 2.37 bits per heavy atom. The maximum Gasteiger partial charge on any atom is 0.231 e. The van der Waals surface area contributed by atoms with Crippen molar-refractivity contribution in [2.24, 2.45) is 0 Å². The molecule has 3 aromatic rings. The second-order valence-electron chi connectivity index (χ2n) is 6.85. The van der Waals surface area contributed by atoms with Gasteiger partial charge < -0.3 is 0 Å². The predicted octanol–water partition coefficient (Wildman–Crippen LogP) is 4.72. The molecule has 1 amide bonds. The predicted molar refractivity (Wildman–Crippen MR) is 106 cm³/mol. The number of hydrogen-bond donors (Lipinski definition) is 0. The first kappa shape index (κ1) is 17.7. The minimum atomic E-state index is -0.113. The number of anilines is 1. The van der Waals surface area contributed by atoms with Crippen molar-refractivity contribution < 1.29 is 4.79 Å². The van der Waals surface area contributed by atoms with Crippen LogP contribution in [0.4, 0.5) is 5.95 Å². The smallest absolute Gasteiger partial charge is 0.231 e. The number of hydrogen-bond acceptors (Lipinski definition) is 3. The SMILES string of the molecule is CCC(=O)N1c2ncnn2[C@@H](c2ccc(C)cc2)C[C@H]1c1ccc(Cl)cc1. The Bertz CT molecular complexity index is 949. The van der Waals surface area contributed by atoms with Gasteiger partial charge in [-0.15, -0.1) is 0 Å². The summed E-state index contributed by atoms with van der Waals surface area (Å²) in [5, 5.41) is 5.12. The second kappa shape index (κ2) is 7.16. The number of halogens is 1. The lowest BCUT2D eigenvalue weighted by Gasteiger charge is -2.39. The van der Waals surface area contributed by atoms with E-state index in [1.807, 2.05) is 35.9 Å². The van der Waals surface area contributed by atoms with Gasteiger partial charge in [0.2, 0.25) is 11.9 Å². The molecule has 138 valence electrons. The highest BCUT2D eigenvalue weighted by atomic mass is 35.5. The Morgan fingerprint density at radius 1 is 1.07 bits per heavy atom. The summed E-state index contributed by atoms with van der Waals surface area (Å²) in [7, 11) is 0. The molecule has 0 spiro atoms. The standard InChI is InChI=1S/C21H21ClN4O/c1-3-20(27)25-18(15-8-10-17(22)11-9-15)12-19(26-21(25)23-13-24-26)16-6-4-14(2)5-7-16/h4-11,13,18-19H,3,12H2,1-2H3/t18-,19+/m0/s1. The van der Waals surface area contributed by atoms with Gasteiger partial charge in [-0.3, -0.25) is 9.69 Å². The molecule has 0 saturated heterocycles. The maximum atomic E-state index is 12.8. The van der Waals surface area contributed by atoms with Crippen LogP contribution in [-0.4, -0.2) is 20.7 Å². The van der Waals surface area contributed by atoms with E-state index in [9.17, 15) is 4.79 Å². The van der Waals surface area contributed by atoms with Crippen LogP contribution in [0.2, 0.25) is 5.02 Å². The van der Waals surface area contributed by atoms with Gasteiger partial charge in [0, 0.05) is 11.4 Å². The molecule has 0 aliphatic carbocycles. The number of amides is 1. The Morgan fingerprint density at radius 2 is 1.70 bits per heavy atom. The molecule has 2 atom stereocenters. The molecule has 0 radical (unpaired) electrons. The van der Waals surface area contributed by atoms with E-state index in [4.69, 9.17) is 11.6 Å². The average Bonchev–Trinajstić information content (AvgIpc) is 3.17. The summed E-state index contributed by atoms with van der Waals surface area (Å²) in [5.74, 6) is 0.630. The third-order valence-corrected chi connectivity index (χ3v) is 5.36. The summed E-state index contributed by atoms with van der Waals surface area (Å²) in [5.41, 5.74) is 3.42. The first-order valence-electron chi connectivity index (χ1n) is 9.12. The minimum Gasteiger partial charge on any atom is -0.274 e. The molecular weight excluding hydrogens is 360 g/mol. The van der Waals surface area contributed by atoms with E-state index < -0.39 is 0 Å². The zero-order chi connectivity index (χ0) is 19.0. The molecule has 0 unspecified atom stereocenters. The Balaban J connectivity index is 1.83. The topological polar surface area (TPSA) is 51.0 Å². The Hall–Kier alpha value is -2.66. The Kier molecular flexibility index (Phi) is 4.70. The average molecular weight is 381 g/mol. The molecule has 1 aliphatic heterocycles. The normalized spacial score (nSPS) is 19.0. The molecule has 27 heavy (non-hydrogen) atoms. The van der Waals surface area contributed by atoms with E-state index in [2.05, 4.69) is 41.3 Å². The number of benzene rings is 2. The molecule has 0 saturated carbocycles. The first-order valence-corrected chi connectivity index (χ1v) is 9.50. The molecule has 1 aromatic heterocycles. The van der Waals surface area contributed by atoms with Crippen molar-refractivity contribution >= 4 is 23.5 Å². The number of carbonyl (C=O) groups excluding carboxylic acids is 1. The highest BCUT2D eigenvalue weighted by Gasteiger charge is 2.38. The summed E-state index contributed by atoms with van der Waals surface area (Å²) >= 11 is 6.07. The van der Waals surface area contributed by atoms with Gasteiger partial charge in [-0.25, -0.2) is 4.68 Å². The molecule has 2 aromatic carbocycles. The summed E-state index contributed by atoms with van der Waals surface area (Å²) in [4.78, 5) is 19.0. The molecule has 6 heteroatoms. The largest absolute Gasteiger partial charge is 0.274 e. The van der Waals surface area contributed by atoms with E-state index in [1.165, 1.54) is 11.9 Å². The summed E-state index contributed by atoms with van der Waals surface area (Å²) < 4.78 is 1.87. The van der Waals surface area contributed by atoms with Crippen molar-refractivity contribution in [3.05, 3.63) is 76.6 Å². The van der Waals surface area contributed by atoms with E-state index in [0.717, 1.165) is 17.5 Å². The minimum absolute atomic E-state index is 0.0182. The van der Waals surface area contributed by atoms with Crippen LogP contribution >= 0.6 is 11.6 Å². The van der Waals surface area contributed by atoms with Gasteiger partial charge in [-0.2, -0.15) is 10.1 Å². The van der Waals surface area contributed by atoms with Gasteiger partial charge in [-0.1, -0.05) is 60.5 Å². The van der Waals surface area contributed by atoms with Crippen LogP contribution in [0.25, 0.3) is 0 Å². The zero-order valence-corrected chi connectivity index (χ0v) is 16.1. The van der Waals surface area contributed by atoms with Crippen LogP contribution in [0.15, 0.2) is 54.9 Å². The Labute approximate surface area is 163 Å². The third-order valence-electron chi connectivity index (χ3n) is 5.11. The summed E-state index contributed by atoms with van der Waals surface area (Å²) in [6, 6.07) is 16.1. The lowest BCUT2D eigenvalue weighted by molar-refractivity contribution is -0.119. The molecule has 4 rings (SSSR count). The monoisotopic (exact) mass is 380 g/mol. The maximum absolute atomic E-state index is 12.8. The number of fused-ring (bicyclic) bond motifs is 1. The number of nitrogens with zero attached hydrogens (tertiary/aromatic N) is 4. The van der Waals surface area contributed by atoms with Gasteiger partial charge in [-0.05, 0) is 36.6 Å². The van der Waals surface area contributed by atoms with E-state index in [0.29, 0.717) is 17.4 Å². The molecular formula is C21H21ClN4O. The fourth-order valence-corrected chi connectivity index (χ4v) is 3.81. The van der Waals surface area contributed by atoms with Crippen molar-refractivity contribution in [3.63, 3.8) is 0 Å². The third kappa shape index (κ3) is 3.23. The van der Waals surface area contributed by atoms with Crippen LogP contribution in [0.3, 0.4) is 0 Å². The van der Waals surface area contributed by atoms with Crippen LogP contribution in [0.1, 0.15) is 48.5 Å². The van der Waals surface area contributed by atoms with Crippen LogP contribution < -0.4 is 4.90 Å². The highest BCUT2D eigenvalue weighted by molar-refractivity contribution is 6.30. The quantitative estimate of drug-likeness (QED) is 0.660. The van der Waals surface area contributed by atoms with Gasteiger partial charge >= 0.3 is 0 Å². The molecule has 5 nitrogen and oxygen atoms in total. The van der Waals surface area contributed by atoms with Crippen molar-refractivity contribution in [3.8, 4) is 0 Å². The lowest BCUT2D eigenvalue weighted by atomic mass is 9.91. The first-order chi connectivity index (χ1) is 13.1. The molecule has 1 aliphatic rings. The summed E-state index contributed by atoms with van der Waals surface area (Å²) in [6.45, 7) is 3.94. The zero-order valence-electron chi connectivity index (χ0n) is 15.3. The lowest BCUT2D eigenvalue weighted by Crippen LogP contribution is -2.42. The van der Waals surface area contributed by atoms with Crippen molar-refractivity contribution in [1.82, 2.24) is 14.8 Å².